The van der Waals surface area contributed by atoms with Crippen LogP contribution < -0.4 is 45.2 Å². The highest BCUT2D eigenvalue weighted by Gasteiger charge is 2.27. The van der Waals surface area contributed by atoms with Gasteiger partial charge in [-0.1, -0.05) is 24.3 Å². The molecule has 0 radical (unpaired) electrons. The van der Waals surface area contributed by atoms with Gasteiger partial charge < -0.3 is 46.3 Å². The van der Waals surface area contributed by atoms with Gasteiger partial charge in [0, 0.05) is 52.5 Å². The Kier molecular flexibility index (Phi) is 20.2. The monoisotopic (exact) mass is 1510 g/mol. The fourth-order valence-electron chi connectivity index (χ4n) is 9.81. The highest BCUT2D eigenvalue weighted by molar-refractivity contribution is 7.87. The number of amides is 2. The third-order valence-corrected chi connectivity index (χ3v) is 18.0. The molecule has 39 nitrogen and oxygen atoms in total. The van der Waals surface area contributed by atoms with Gasteiger partial charge in [-0.15, -0.1) is 20.2 Å². The maximum atomic E-state index is 12.6. The molecule has 11 aromatic rings. The van der Waals surface area contributed by atoms with Gasteiger partial charge >= 0.3 is 59.0 Å². The Balaban J connectivity index is 0.942. The molecule has 0 saturated heterocycles. The number of carboxylic acid groups (broad SMARTS) is 2. The minimum atomic E-state index is -5.05. The van der Waals surface area contributed by atoms with E-state index in [1.54, 1.807) is 0 Å². The lowest BCUT2D eigenvalue weighted by atomic mass is 10.1. The topological polar surface area (TPSA) is 579 Å². The summed E-state index contributed by atoms with van der Waals surface area (Å²) in [6.07, 6.45) is 5.15. The second kappa shape index (κ2) is 29.0. The van der Waals surface area contributed by atoms with Crippen LogP contribution in [0.25, 0.3) is 33.4 Å². The lowest BCUT2D eigenvalue weighted by Crippen LogP contribution is -2.34. The number of rotatable bonds is 24. The maximum Gasteiger partial charge on any atom is 0.444 e. The summed E-state index contributed by atoms with van der Waals surface area (Å²) < 4.78 is 169. The van der Waals surface area contributed by atoms with Crippen LogP contribution in [0.3, 0.4) is 0 Å². The molecule has 530 valence electrons. The second-order valence-electron chi connectivity index (χ2n) is 21.4. The van der Waals surface area contributed by atoms with Gasteiger partial charge in [0.05, 0.1) is 64.4 Å². The molecule has 0 saturated carbocycles. The van der Waals surface area contributed by atoms with Gasteiger partial charge in [0.2, 0.25) is 11.8 Å². The van der Waals surface area contributed by atoms with Crippen molar-refractivity contribution >= 4 is 178 Å². The van der Waals surface area contributed by atoms with Crippen molar-refractivity contribution in [1.82, 2.24) is 29.9 Å². The number of hydrogen-bond acceptors (Lipinski definition) is 28. The molecule has 1 atom stereocenters. The van der Waals surface area contributed by atoms with Crippen LogP contribution in [0.4, 0.5) is 80.7 Å². The van der Waals surface area contributed by atoms with E-state index >= 15 is 0 Å². The highest BCUT2D eigenvalue weighted by atomic mass is 32.2. The quantitative estimate of drug-likeness (QED) is 0.0117. The van der Waals surface area contributed by atoms with Crippen molar-refractivity contribution in [3.8, 4) is 17.6 Å². The van der Waals surface area contributed by atoms with E-state index < -0.39 is 95.2 Å². The summed E-state index contributed by atoms with van der Waals surface area (Å²) in [6, 6.07) is 27.9. The van der Waals surface area contributed by atoms with E-state index in [-0.39, 0.29) is 131 Å². The first-order valence-electron chi connectivity index (χ1n) is 28.8. The van der Waals surface area contributed by atoms with Crippen molar-refractivity contribution < 1.29 is 103 Å². The normalized spacial score (nSPS) is 12.3. The number of carboxylic acids is 2. The molecule has 4 aromatic heterocycles. The number of aromatic carboxylic acids is 2. The van der Waals surface area contributed by atoms with E-state index in [9.17, 15) is 90.0 Å². The van der Waals surface area contributed by atoms with Gasteiger partial charge in [-0.3, -0.25) is 32.4 Å². The molecule has 0 aliphatic rings. The lowest BCUT2D eigenvalue weighted by molar-refractivity contribution is -0.604. The van der Waals surface area contributed by atoms with Crippen LogP contribution in [0.1, 0.15) is 34.6 Å². The summed E-state index contributed by atoms with van der Waals surface area (Å²) in [4.78, 5) is 73.5. The third kappa shape index (κ3) is 17.3. The van der Waals surface area contributed by atoms with E-state index in [1.165, 1.54) is 119 Å². The molecule has 7 aromatic carbocycles. The number of carbonyl (C=O) groups excluding carboxylic acids is 2. The van der Waals surface area contributed by atoms with Crippen molar-refractivity contribution in [3.63, 3.8) is 0 Å². The van der Waals surface area contributed by atoms with Gasteiger partial charge in [-0.25, -0.2) is 18.7 Å². The van der Waals surface area contributed by atoms with E-state index in [4.69, 9.17) is 4.18 Å². The molecule has 104 heavy (non-hydrogen) atoms. The van der Waals surface area contributed by atoms with Crippen LogP contribution >= 0.6 is 0 Å². The summed E-state index contributed by atoms with van der Waals surface area (Å²) >= 11 is -2.99. The average molecular weight is 1520 g/mol. The Morgan fingerprint density at radius 3 is 1.17 bits per heavy atom. The van der Waals surface area contributed by atoms with Gasteiger partial charge in [-0.2, -0.15) is 48.1 Å². The van der Waals surface area contributed by atoms with Crippen molar-refractivity contribution in [2.75, 3.05) is 31.9 Å². The number of pyridine rings is 2. The largest absolute Gasteiger partial charge is 0.478 e. The van der Waals surface area contributed by atoms with Crippen molar-refractivity contribution in [2.24, 2.45) is 20.5 Å². The molecule has 4 heterocycles. The van der Waals surface area contributed by atoms with Crippen LogP contribution in [0.5, 0.6) is 5.75 Å². The first-order valence-corrected chi connectivity index (χ1v) is 35.6. The molecule has 1 unspecified atom stereocenters. The molecule has 11 rings (SSSR count). The van der Waals surface area contributed by atoms with E-state index in [0.717, 1.165) is 68.6 Å². The average Bonchev–Trinajstić information content (AvgIpc) is 0.767. The summed E-state index contributed by atoms with van der Waals surface area (Å²) in [7, 11) is -20.0. The van der Waals surface area contributed by atoms with Crippen LogP contribution in [-0.4, -0.2) is 125 Å². The van der Waals surface area contributed by atoms with Crippen LogP contribution in [-0.2, 0) is 61.4 Å². The highest BCUT2D eigenvalue weighted by Crippen LogP contribution is 2.39. The molecule has 0 bridgehead atoms. The van der Waals surface area contributed by atoms with Crippen molar-refractivity contribution in [1.29, 1.82) is 0 Å². The number of anilines is 10. The molecular formula is C60H46N18O21S5+2. The number of hydrogen-bond donors (Lipinski definition) is 13. The van der Waals surface area contributed by atoms with Crippen LogP contribution in [0.2, 0.25) is 0 Å². The predicted molar refractivity (Wildman–Crippen MR) is 365 cm³/mol. The van der Waals surface area contributed by atoms with Gasteiger partial charge in [0.1, 0.15) is 31.0 Å². The van der Waals surface area contributed by atoms with Gasteiger partial charge in [0.15, 0.2) is 5.75 Å². The second-order valence-corrected chi connectivity index (χ2v) is 27.6. The Morgan fingerprint density at radius 2 is 0.808 bits per heavy atom. The number of nitrogens with one attached hydrogen (secondary N) is 6. The Hall–Kier alpha value is -12.8. The zero-order chi connectivity index (χ0) is 74.7. The molecule has 13 N–H and O–H groups in total. The fourth-order valence-corrected chi connectivity index (χ4v) is 13.0. The minimum absolute atomic E-state index is 0.0406. The van der Waals surface area contributed by atoms with Gasteiger partial charge in [-0.05, 0) is 135 Å². The third-order valence-electron chi connectivity index (χ3n) is 14.0. The first kappa shape index (κ1) is 72.5. The van der Waals surface area contributed by atoms with Crippen LogP contribution in [0.15, 0.2) is 204 Å². The van der Waals surface area contributed by atoms with E-state index in [0.29, 0.717) is 0 Å². The molecule has 0 fully saturated rings. The Morgan fingerprint density at radius 1 is 0.433 bits per heavy atom. The molecule has 0 spiro atoms. The SMILES string of the molecule is CC(=O)Nc1cc(Nc2nc(Nc3ccc(OS(=O)O)c(Nc4nc(Nc5ccc(N=Nc6cc(S(=O)(=O)O)c7cccc(S(=O)(=O)O)c7c6)c(NC(C)=O)c5)nc(-[n+]5cccc(C(=O)O)c5)n4)c3)nc(-[n+]3cccc(C(=O)O)c3)n2)ccc1N=Nc1cc(S(=O)(=O)O)c2cccc(S(=O)(=O)O)c2c1. The smallest absolute Gasteiger partial charge is 0.444 e. The molecule has 0 aliphatic heterocycles. The summed E-state index contributed by atoms with van der Waals surface area (Å²) in [6.45, 7) is 2.32. The summed E-state index contributed by atoms with van der Waals surface area (Å²) in [5.74, 6) is -5.91. The molecule has 0 aliphatic carbocycles. The standard InChI is InChI=1S/C60H44N18O21S5/c1-30(79)61-45-23-34(13-16-43(45)75-73-37-21-41-39(51(26-37)103(93,94)95)9-3-11-49(41)101(87,88)89)63-55-67-56(70-59(69-55)77-19-5-7-32(28-77)53(81)82)65-36-15-18-48(99-100(85)86)47(25-36)66-58-68-57(71-60(72-58)78-20-6-8-33(29-78)54(83)84)64-35-14-17-44(46(24-35)62-31(2)80)76-74-38-22-42-40(52(27-38)104(96,97)98)10-4-12-50(42)102(90,91)92/h3-29H,1-2H3,(H11-2,61,62,63,64,65,66,67,68,69,70,71,72,73,74,79,80,81,82,83,84,85,86,87,88,89,90,91,92,93,94,95,96,97,98)/p+2. The minimum Gasteiger partial charge on any atom is -0.478 e. The summed E-state index contributed by atoms with van der Waals surface area (Å²) in [5, 5.41) is 51.9. The number of nitrogens with zero attached hydrogens (tertiary/aromatic N) is 12. The van der Waals surface area contributed by atoms with Crippen molar-refractivity contribution in [3.05, 3.63) is 175 Å². The van der Waals surface area contributed by atoms with E-state index in [1.807, 2.05) is 0 Å². The number of azo groups is 2. The van der Waals surface area contributed by atoms with Gasteiger partial charge in [0.25, 0.3) is 40.5 Å². The lowest BCUT2D eigenvalue weighted by Gasteiger charge is -2.12. The number of aromatic nitrogens is 8. The fraction of sp³-hybridized carbons (Fsp3) is 0.0333. The van der Waals surface area contributed by atoms with E-state index in [2.05, 4.69) is 82.3 Å². The zero-order valence-electron chi connectivity index (χ0n) is 52.3. The van der Waals surface area contributed by atoms with Crippen molar-refractivity contribution in [2.45, 2.75) is 33.4 Å². The molecular weight excluding hydrogens is 1470 g/mol. The number of fused-ring (bicyclic) bond motifs is 2. The predicted octanol–water partition coefficient (Wildman–Crippen LogP) is 8.54. The maximum absolute atomic E-state index is 12.6. The molecule has 2 amide bonds. The Labute approximate surface area is 586 Å². The first-order chi connectivity index (χ1) is 49.1. The number of carbonyl (C=O) groups is 4. The zero-order valence-corrected chi connectivity index (χ0v) is 56.4. The van der Waals surface area contributed by atoms with Crippen LogP contribution in [0, 0.1) is 0 Å². The Bertz CT molecular complexity index is 6020. The number of benzene rings is 7. The molecule has 44 heteroatoms. The summed E-state index contributed by atoms with van der Waals surface area (Å²) in [5.41, 5.74) is -1.19.